The standard InChI is InChI=1S/C34H38FN3O3/c35-26-12-15-37(21-26)27-13-16-36(17-14-27)33(39)25-18-23-8-4-5-9-28(23)32-31(22-6-2-1-3-7-22)29-11-10-24(34(40)41)19-30(29)38(32)20-25/h4-5,8-11,18-19,22,26-27H,1-3,6-7,12-17,20-21H2,(H,40,41)/t26-/m0/s1. The number of amides is 1. The number of carbonyl (C=O) groups excluding carboxylic acids is 1. The van der Waals surface area contributed by atoms with E-state index in [9.17, 15) is 19.1 Å². The van der Waals surface area contributed by atoms with Crippen molar-refractivity contribution in [3.63, 3.8) is 0 Å². The van der Waals surface area contributed by atoms with Crippen LogP contribution in [0.1, 0.15) is 78.8 Å². The van der Waals surface area contributed by atoms with Crippen molar-refractivity contribution in [1.29, 1.82) is 0 Å². The van der Waals surface area contributed by atoms with E-state index < -0.39 is 12.1 Å². The molecule has 0 spiro atoms. The van der Waals surface area contributed by atoms with Gasteiger partial charge in [-0.1, -0.05) is 49.6 Å². The van der Waals surface area contributed by atoms with E-state index in [0.29, 0.717) is 44.6 Å². The van der Waals surface area contributed by atoms with Gasteiger partial charge in [-0.15, -0.1) is 0 Å². The lowest BCUT2D eigenvalue weighted by molar-refractivity contribution is -0.128. The van der Waals surface area contributed by atoms with Crippen molar-refractivity contribution in [3.8, 4) is 11.3 Å². The Morgan fingerprint density at radius 3 is 2.41 bits per heavy atom. The van der Waals surface area contributed by atoms with Gasteiger partial charge >= 0.3 is 5.97 Å². The van der Waals surface area contributed by atoms with E-state index in [2.05, 4.69) is 33.7 Å². The molecule has 7 heteroatoms. The number of rotatable bonds is 4. The number of hydrogen-bond donors (Lipinski definition) is 1. The smallest absolute Gasteiger partial charge is 0.335 e. The average Bonchev–Trinajstić information content (AvgIpc) is 3.52. The van der Waals surface area contributed by atoms with Crippen LogP contribution in [0.2, 0.25) is 0 Å². The molecule has 6 nitrogen and oxygen atoms in total. The summed E-state index contributed by atoms with van der Waals surface area (Å²) in [5.74, 6) is -0.481. The molecule has 4 heterocycles. The zero-order chi connectivity index (χ0) is 28.1. The second-order valence-corrected chi connectivity index (χ2v) is 12.4. The SMILES string of the molecule is O=C(O)c1ccc2c(C3CCCCC3)c3n(c2c1)CC(C(=O)N1CCC(N2CC[C@H](F)C2)CC1)=Cc1ccccc1-3. The Kier molecular flexibility index (Phi) is 6.93. The van der Waals surface area contributed by atoms with Gasteiger partial charge in [-0.25, -0.2) is 9.18 Å². The zero-order valence-electron chi connectivity index (χ0n) is 23.5. The zero-order valence-corrected chi connectivity index (χ0v) is 23.5. The lowest BCUT2D eigenvalue weighted by atomic mass is 9.81. The number of carboxylic acid groups (broad SMARTS) is 1. The van der Waals surface area contributed by atoms with Crippen LogP contribution >= 0.6 is 0 Å². The molecule has 1 amide bonds. The fourth-order valence-corrected chi connectivity index (χ4v) is 7.85. The summed E-state index contributed by atoms with van der Waals surface area (Å²) in [6.45, 7) is 3.08. The molecule has 1 N–H and O–H groups in total. The first-order valence-corrected chi connectivity index (χ1v) is 15.3. The minimum absolute atomic E-state index is 0.0475. The number of nitrogens with zero attached hydrogens (tertiary/aromatic N) is 3. The molecule has 1 aliphatic carbocycles. The number of likely N-dealkylation sites (tertiary alicyclic amines) is 2. The number of benzene rings is 2. The summed E-state index contributed by atoms with van der Waals surface area (Å²) >= 11 is 0. The van der Waals surface area contributed by atoms with Crippen LogP contribution in [0.4, 0.5) is 4.39 Å². The summed E-state index contributed by atoms with van der Waals surface area (Å²) in [4.78, 5) is 30.3. The molecule has 3 aliphatic heterocycles. The topological polar surface area (TPSA) is 65.8 Å². The summed E-state index contributed by atoms with van der Waals surface area (Å²) in [6, 6.07) is 14.2. The van der Waals surface area contributed by atoms with Gasteiger partial charge in [-0.2, -0.15) is 0 Å². The van der Waals surface area contributed by atoms with Gasteiger partial charge in [0.15, 0.2) is 0 Å². The van der Waals surface area contributed by atoms with Gasteiger partial charge < -0.3 is 14.6 Å². The van der Waals surface area contributed by atoms with Crippen molar-refractivity contribution < 1.29 is 19.1 Å². The van der Waals surface area contributed by atoms with Crippen LogP contribution in [0.25, 0.3) is 28.2 Å². The molecule has 41 heavy (non-hydrogen) atoms. The number of piperidine rings is 1. The summed E-state index contributed by atoms with van der Waals surface area (Å²) in [5, 5.41) is 10.9. The number of fused-ring (bicyclic) bond motifs is 5. The quantitative estimate of drug-likeness (QED) is 0.400. The van der Waals surface area contributed by atoms with E-state index in [4.69, 9.17) is 0 Å². The van der Waals surface area contributed by atoms with Gasteiger partial charge in [0.25, 0.3) is 5.91 Å². The maximum Gasteiger partial charge on any atom is 0.335 e. The molecule has 1 atom stereocenters. The Labute approximate surface area is 240 Å². The Hall–Kier alpha value is -3.45. The minimum atomic E-state index is -0.942. The monoisotopic (exact) mass is 555 g/mol. The number of alkyl halides is 1. The van der Waals surface area contributed by atoms with Crippen LogP contribution in [0.5, 0.6) is 0 Å². The highest BCUT2D eigenvalue weighted by molar-refractivity contribution is 6.03. The van der Waals surface area contributed by atoms with Crippen molar-refractivity contribution in [2.45, 2.75) is 76.0 Å². The summed E-state index contributed by atoms with van der Waals surface area (Å²) in [5.41, 5.74) is 6.48. The molecular weight excluding hydrogens is 517 g/mol. The van der Waals surface area contributed by atoms with Crippen molar-refractivity contribution in [2.75, 3.05) is 26.2 Å². The van der Waals surface area contributed by atoms with Gasteiger partial charge in [0.1, 0.15) is 6.17 Å². The van der Waals surface area contributed by atoms with Crippen LogP contribution < -0.4 is 0 Å². The Morgan fingerprint density at radius 2 is 1.68 bits per heavy atom. The van der Waals surface area contributed by atoms with E-state index in [0.717, 1.165) is 65.5 Å². The van der Waals surface area contributed by atoms with E-state index >= 15 is 0 Å². The third-order valence-electron chi connectivity index (χ3n) is 9.94. The van der Waals surface area contributed by atoms with Crippen LogP contribution in [0.3, 0.4) is 0 Å². The fraction of sp³-hybridized carbons (Fsp3) is 0.471. The van der Waals surface area contributed by atoms with Gasteiger partial charge in [-0.05, 0) is 67.4 Å². The second-order valence-electron chi connectivity index (χ2n) is 12.4. The molecule has 2 aromatic carbocycles. The van der Waals surface area contributed by atoms with E-state index in [1.807, 2.05) is 17.0 Å². The number of carboxylic acids is 1. The average molecular weight is 556 g/mol. The molecule has 214 valence electrons. The number of aromatic carboxylic acids is 1. The third-order valence-corrected chi connectivity index (χ3v) is 9.94. The predicted molar refractivity (Wildman–Crippen MR) is 159 cm³/mol. The molecule has 1 aromatic heterocycles. The van der Waals surface area contributed by atoms with Crippen molar-refractivity contribution >= 4 is 28.9 Å². The van der Waals surface area contributed by atoms with Crippen molar-refractivity contribution in [2.24, 2.45) is 0 Å². The molecule has 1 saturated carbocycles. The maximum atomic E-state index is 14.1. The summed E-state index contributed by atoms with van der Waals surface area (Å²) in [7, 11) is 0. The van der Waals surface area contributed by atoms with Crippen LogP contribution in [-0.4, -0.2) is 69.7 Å². The molecule has 0 radical (unpaired) electrons. The molecule has 2 saturated heterocycles. The van der Waals surface area contributed by atoms with Crippen LogP contribution in [-0.2, 0) is 11.3 Å². The van der Waals surface area contributed by atoms with Gasteiger partial charge in [0, 0.05) is 54.3 Å². The highest BCUT2D eigenvalue weighted by Gasteiger charge is 2.34. The van der Waals surface area contributed by atoms with E-state index in [1.54, 1.807) is 12.1 Å². The molecule has 4 aliphatic rings. The van der Waals surface area contributed by atoms with Gasteiger partial charge in [0.05, 0.1) is 17.8 Å². The number of halogens is 1. The van der Waals surface area contributed by atoms with E-state index in [-0.39, 0.29) is 11.5 Å². The first-order valence-electron chi connectivity index (χ1n) is 15.3. The van der Waals surface area contributed by atoms with Gasteiger partial charge in [0.2, 0.25) is 0 Å². The molecular formula is C34H38FN3O3. The number of aromatic nitrogens is 1. The third kappa shape index (κ3) is 4.78. The maximum absolute atomic E-state index is 14.1. The first kappa shape index (κ1) is 26.4. The van der Waals surface area contributed by atoms with Crippen molar-refractivity contribution in [1.82, 2.24) is 14.4 Å². The molecule has 3 aromatic rings. The minimum Gasteiger partial charge on any atom is -0.478 e. The Morgan fingerprint density at radius 1 is 0.902 bits per heavy atom. The second kappa shape index (κ2) is 10.8. The lowest BCUT2D eigenvalue weighted by Crippen LogP contribution is -2.46. The predicted octanol–water partition coefficient (Wildman–Crippen LogP) is 6.49. The van der Waals surface area contributed by atoms with E-state index in [1.165, 1.54) is 24.8 Å². The summed E-state index contributed by atoms with van der Waals surface area (Å²) < 4.78 is 16.0. The number of carbonyl (C=O) groups is 2. The molecule has 3 fully saturated rings. The number of hydrogen-bond acceptors (Lipinski definition) is 3. The Bertz CT molecular complexity index is 1530. The summed E-state index contributed by atoms with van der Waals surface area (Å²) in [6.07, 6.45) is 9.60. The first-order chi connectivity index (χ1) is 20.0. The Balaban J connectivity index is 1.28. The normalized spacial score (nSPS) is 22.3. The highest BCUT2D eigenvalue weighted by Crippen LogP contribution is 2.46. The van der Waals surface area contributed by atoms with Crippen LogP contribution in [0, 0.1) is 0 Å². The molecule has 0 unspecified atom stereocenters. The fourth-order valence-electron chi connectivity index (χ4n) is 7.85. The molecule has 7 rings (SSSR count). The highest BCUT2D eigenvalue weighted by atomic mass is 19.1. The molecule has 0 bridgehead atoms. The lowest BCUT2D eigenvalue weighted by Gasteiger charge is -2.37. The van der Waals surface area contributed by atoms with Crippen LogP contribution in [0.15, 0.2) is 48.0 Å². The largest absolute Gasteiger partial charge is 0.478 e. The van der Waals surface area contributed by atoms with Crippen molar-refractivity contribution in [3.05, 3.63) is 64.7 Å². The van der Waals surface area contributed by atoms with Gasteiger partial charge in [-0.3, -0.25) is 9.69 Å².